The topological polar surface area (TPSA) is 50.8 Å². The lowest BCUT2D eigenvalue weighted by Crippen LogP contribution is -2.14. The second kappa shape index (κ2) is 11.0. The molecule has 0 amide bonds. The number of anilines is 3. The Bertz CT molecular complexity index is 2330. The Hall–Kier alpha value is -5.64. The molecule has 228 valence electrons. The van der Waals surface area contributed by atoms with Crippen LogP contribution in [0.4, 0.5) is 17.1 Å². The van der Waals surface area contributed by atoms with Crippen LogP contribution in [0.25, 0.3) is 49.2 Å². The second-order valence-corrected chi connectivity index (χ2v) is 14.5. The summed E-state index contributed by atoms with van der Waals surface area (Å²) in [5.41, 5.74) is 7.05. The zero-order valence-electron chi connectivity index (χ0n) is 27.8. The molecular weight excluding hydrogens is 571 g/mol. The lowest BCUT2D eigenvalue weighted by atomic mass is 9.86. The predicted molar refractivity (Wildman–Crippen MR) is 199 cm³/mol. The molecule has 0 atom stereocenters. The first-order valence-corrected chi connectivity index (χ1v) is 16.1. The van der Waals surface area contributed by atoms with E-state index < -0.39 is 0 Å². The SMILES string of the molecule is CC(C)(C)c1ccc(N(c2ccc(C(C)(C)C)cc2)c2ccc3c4ccc(C=C(C#N)C#N)c5cccc(c6cccc2c63)c54)cc1. The minimum absolute atomic E-state index is 0.0623. The van der Waals surface area contributed by atoms with Gasteiger partial charge in [-0.1, -0.05) is 120 Å². The van der Waals surface area contributed by atoms with Crippen molar-refractivity contribution in [3.05, 3.63) is 131 Å². The number of allylic oxidation sites excluding steroid dienone is 1. The van der Waals surface area contributed by atoms with Gasteiger partial charge in [-0.2, -0.15) is 10.5 Å². The number of hydrogen-bond acceptors (Lipinski definition) is 3. The van der Waals surface area contributed by atoms with Gasteiger partial charge in [-0.3, -0.25) is 0 Å². The molecule has 3 nitrogen and oxygen atoms in total. The summed E-state index contributed by atoms with van der Waals surface area (Å²) in [5.74, 6) is 0. The third kappa shape index (κ3) is 5.06. The molecule has 0 aromatic heterocycles. The van der Waals surface area contributed by atoms with Gasteiger partial charge in [0.05, 0.1) is 5.69 Å². The van der Waals surface area contributed by atoms with Gasteiger partial charge in [0, 0.05) is 16.8 Å². The highest BCUT2D eigenvalue weighted by molar-refractivity contribution is 6.34. The van der Waals surface area contributed by atoms with Gasteiger partial charge in [-0.05, 0) is 102 Å². The van der Waals surface area contributed by atoms with Crippen molar-refractivity contribution in [1.29, 1.82) is 10.5 Å². The molecular formula is C44H37N3. The zero-order chi connectivity index (χ0) is 33.1. The first-order chi connectivity index (χ1) is 22.5. The molecule has 0 aliphatic carbocycles. The van der Waals surface area contributed by atoms with E-state index >= 15 is 0 Å². The van der Waals surface area contributed by atoms with E-state index in [-0.39, 0.29) is 16.4 Å². The molecule has 0 aliphatic heterocycles. The number of benzene rings is 7. The van der Waals surface area contributed by atoms with Crippen molar-refractivity contribution in [2.75, 3.05) is 4.90 Å². The average Bonchev–Trinajstić information content (AvgIpc) is 3.06. The van der Waals surface area contributed by atoms with Crippen LogP contribution >= 0.6 is 0 Å². The first kappa shape index (κ1) is 30.0. The highest BCUT2D eigenvalue weighted by Crippen LogP contribution is 2.47. The fourth-order valence-electron chi connectivity index (χ4n) is 6.93. The molecule has 0 bridgehead atoms. The van der Waals surface area contributed by atoms with E-state index in [9.17, 15) is 10.5 Å². The van der Waals surface area contributed by atoms with Crippen molar-refractivity contribution >= 4 is 66.2 Å². The number of nitrogens with zero attached hydrogens (tertiary/aromatic N) is 3. The molecule has 0 N–H and O–H groups in total. The van der Waals surface area contributed by atoms with Crippen molar-refractivity contribution in [2.24, 2.45) is 0 Å². The third-order valence-electron chi connectivity index (χ3n) is 9.44. The fraction of sp³-hybridized carbons (Fsp3) is 0.182. The lowest BCUT2D eigenvalue weighted by molar-refractivity contribution is 0.590. The van der Waals surface area contributed by atoms with E-state index in [4.69, 9.17) is 0 Å². The number of nitriles is 2. The number of rotatable bonds is 4. The van der Waals surface area contributed by atoms with Crippen LogP contribution in [-0.4, -0.2) is 0 Å². The molecule has 0 saturated heterocycles. The summed E-state index contributed by atoms with van der Waals surface area (Å²) in [4.78, 5) is 2.39. The van der Waals surface area contributed by atoms with Crippen LogP contribution in [0.3, 0.4) is 0 Å². The zero-order valence-corrected chi connectivity index (χ0v) is 27.8. The summed E-state index contributed by atoms with van der Waals surface area (Å²) in [6.07, 6.45) is 1.69. The molecule has 0 radical (unpaired) electrons. The van der Waals surface area contributed by atoms with Crippen LogP contribution < -0.4 is 4.90 Å². The Morgan fingerprint density at radius 1 is 0.511 bits per heavy atom. The van der Waals surface area contributed by atoms with E-state index in [0.29, 0.717) is 0 Å². The van der Waals surface area contributed by atoms with E-state index in [1.54, 1.807) is 6.08 Å². The maximum Gasteiger partial charge on any atom is 0.130 e. The van der Waals surface area contributed by atoms with Crippen LogP contribution in [0.1, 0.15) is 58.2 Å². The van der Waals surface area contributed by atoms with Gasteiger partial charge < -0.3 is 4.90 Å². The van der Waals surface area contributed by atoms with Gasteiger partial charge in [0.25, 0.3) is 0 Å². The summed E-state index contributed by atoms with van der Waals surface area (Å²) in [7, 11) is 0. The fourth-order valence-corrected chi connectivity index (χ4v) is 6.93. The van der Waals surface area contributed by atoms with Gasteiger partial charge >= 0.3 is 0 Å². The van der Waals surface area contributed by atoms with Gasteiger partial charge in [0.2, 0.25) is 0 Å². The quantitative estimate of drug-likeness (QED) is 0.114. The van der Waals surface area contributed by atoms with Crippen molar-refractivity contribution in [1.82, 2.24) is 0 Å². The Morgan fingerprint density at radius 3 is 1.43 bits per heavy atom. The van der Waals surface area contributed by atoms with Crippen molar-refractivity contribution in [2.45, 2.75) is 52.4 Å². The second-order valence-electron chi connectivity index (χ2n) is 14.5. The summed E-state index contributed by atoms with van der Waals surface area (Å²) >= 11 is 0. The predicted octanol–water partition coefficient (Wildman–Crippen LogP) is 12.2. The van der Waals surface area contributed by atoms with Crippen LogP contribution in [0, 0.1) is 22.7 Å². The smallest absolute Gasteiger partial charge is 0.130 e. The summed E-state index contributed by atoms with van der Waals surface area (Å²) < 4.78 is 0. The minimum atomic E-state index is 0.0623. The Labute approximate surface area is 276 Å². The molecule has 0 aliphatic rings. The molecule has 0 saturated carbocycles. The first-order valence-electron chi connectivity index (χ1n) is 16.1. The lowest BCUT2D eigenvalue weighted by Gasteiger charge is -2.29. The van der Waals surface area contributed by atoms with E-state index in [0.717, 1.165) is 44.2 Å². The summed E-state index contributed by atoms with van der Waals surface area (Å²) in [6, 6.07) is 43.7. The molecule has 47 heavy (non-hydrogen) atoms. The van der Waals surface area contributed by atoms with E-state index in [2.05, 4.69) is 150 Å². The maximum absolute atomic E-state index is 9.45. The molecule has 0 spiro atoms. The highest BCUT2D eigenvalue weighted by Gasteiger charge is 2.22. The minimum Gasteiger partial charge on any atom is -0.310 e. The summed E-state index contributed by atoms with van der Waals surface area (Å²) in [6.45, 7) is 13.5. The average molecular weight is 608 g/mol. The van der Waals surface area contributed by atoms with E-state index in [1.165, 1.54) is 32.7 Å². The van der Waals surface area contributed by atoms with Crippen LogP contribution in [-0.2, 0) is 10.8 Å². The molecule has 0 unspecified atom stereocenters. The molecule has 3 heteroatoms. The largest absolute Gasteiger partial charge is 0.310 e. The molecule has 7 aromatic carbocycles. The molecule has 0 fully saturated rings. The van der Waals surface area contributed by atoms with Crippen molar-refractivity contribution < 1.29 is 0 Å². The van der Waals surface area contributed by atoms with Gasteiger partial charge in [0.1, 0.15) is 17.7 Å². The van der Waals surface area contributed by atoms with Crippen LogP contribution in [0.15, 0.2) is 115 Å². The van der Waals surface area contributed by atoms with Crippen molar-refractivity contribution in [3.8, 4) is 12.1 Å². The normalized spacial score (nSPS) is 12.0. The monoisotopic (exact) mass is 607 g/mol. The molecule has 7 rings (SSSR count). The Kier molecular flexibility index (Phi) is 7.04. The third-order valence-corrected chi connectivity index (χ3v) is 9.44. The van der Waals surface area contributed by atoms with Crippen LogP contribution in [0.5, 0.6) is 0 Å². The molecule has 7 aromatic rings. The van der Waals surface area contributed by atoms with Gasteiger partial charge in [-0.15, -0.1) is 0 Å². The van der Waals surface area contributed by atoms with Gasteiger partial charge in [0.15, 0.2) is 0 Å². The number of hydrogen-bond donors (Lipinski definition) is 0. The Morgan fingerprint density at radius 2 is 0.936 bits per heavy atom. The number of fused-ring (bicyclic) bond motifs is 2. The molecule has 0 heterocycles. The standard InChI is InChI=1S/C44H37N3/c1-43(2,3)30-14-18-32(19-15-30)47(33-20-16-31(17-21-33)44(4,5)6)40-24-23-38-37-22-13-29(25-28(26-45)27-46)34-9-7-10-35(41(34)37)36-11-8-12-39(40)42(36)38/h7-25H,1-6H3. The van der Waals surface area contributed by atoms with Crippen LogP contribution in [0.2, 0.25) is 0 Å². The highest BCUT2D eigenvalue weighted by atomic mass is 15.1. The van der Waals surface area contributed by atoms with E-state index in [1.807, 2.05) is 18.2 Å². The maximum atomic E-state index is 9.45. The Balaban J connectivity index is 1.51. The van der Waals surface area contributed by atoms with Gasteiger partial charge in [-0.25, -0.2) is 0 Å². The van der Waals surface area contributed by atoms with Crippen molar-refractivity contribution in [3.63, 3.8) is 0 Å². The summed E-state index contributed by atoms with van der Waals surface area (Å²) in [5, 5.41) is 28.2.